The Kier molecular flexibility index (Phi) is 36.4. The van der Waals surface area contributed by atoms with Gasteiger partial charge in [-0.05, 0) is 181 Å². The van der Waals surface area contributed by atoms with E-state index in [1.807, 2.05) is 50.2 Å². The summed E-state index contributed by atoms with van der Waals surface area (Å²) in [6, 6.07) is 9.91. The number of ketones is 1. The molecule has 53 heteroatoms. The van der Waals surface area contributed by atoms with Crippen LogP contribution in [-0.2, 0) is 136 Å². The predicted molar refractivity (Wildman–Crippen MR) is 484 cm³/mol. The number of aliphatic carboxylic acids is 1. The number of carbonyl (C=O) groups is 6. The average molecular weight is 2190 g/mol. The number of carbonyl (C=O) groups excluding carboxylic acids is 5. The van der Waals surface area contributed by atoms with Gasteiger partial charge < -0.3 is 47.0 Å². The highest BCUT2D eigenvalue weighted by molar-refractivity contribution is 9.11. The number of benzene rings is 1. The third-order valence-electron chi connectivity index (χ3n) is 21.0. The number of thiazole rings is 1. The lowest BCUT2D eigenvalue weighted by molar-refractivity contribution is -0.156. The number of pyridine rings is 1. The first kappa shape index (κ1) is 102. The van der Waals surface area contributed by atoms with Crippen LogP contribution >= 0.6 is 116 Å². The number of fused-ring (bicyclic) bond motifs is 8. The molecule has 0 spiro atoms. The molecule has 7 atom stereocenters. The Bertz CT molecular complexity index is 5840. The summed E-state index contributed by atoms with van der Waals surface area (Å²) >= 11 is 17.2. The van der Waals surface area contributed by atoms with Crippen molar-refractivity contribution in [3.63, 3.8) is 0 Å². The van der Waals surface area contributed by atoms with Gasteiger partial charge in [-0.1, -0.05) is 12.1 Å². The largest absolute Gasteiger partial charge is 0.481 e. The quantitative estimate of drug-likeness (QED) is 0.0431. The molecule has 42 nitrogen and oxygen atoms in total. The number of Topliss-reactive ketones (excluding diaryl/α,β-unsaturated/α-hetero) is 1. The molecule has 7 aliphatic rings. The van der Waals surface area contributed by atoms with E-state index in [1.54, 1.807) is 40.8 Å². The van der Waals surface area contributed by atoms with Gasteiger partial charge >= 0.3 is 29.8 Å². The number of nitrogens with zero attached hydrogens (tertiary/aromatic N) is 27. The number of esters is 4. The molecule has 18 heterocycles. The molecular weight excluding hydrogens is 2090 g/mol. The van der Waals surface area contributed by atoms with E-state index in [1.165, 1.54) is 54.2 Å². The minimum atomic E-state index is -2.63. The number of rotatable bonds is 12. The second-order valence-electron chi connectivity index (χ2n) is 31.5. The van der Waals surface area contributed by atoms with Gasteiger partial charge in [-0.2, -0.15) is 20.2 Å². The maximum atomic E-state index is 13.1. The van der Waals surface area contributed by atoms with Gasteiger partial charge in [0.25, 0.3) is 6.43 Å². The molecule has 7 aliphatic heterocycles. The molecule has 130 heavy (non-hydrogen) atoms. The summed E-state index contributed by atoms with van der Waals surface area (Å²) in [5.41, 5.74) is 24.3. The minimum Gasteiger partial charge on any atom is -0.481 e. The Balaban J connectivity index is 0.000000156. The lowest BCUT2D eigenvalue weighted by atomic mass is 9.91. The van der Waals surface area contributed by atoms with Crippen molar-refractivity contribution in [1.82, 2.24) is 133 Å². The maximum absolute atomic E-state index is 13.1. The van der Waals surface area contributed by atoms with Crippen LogP contribution in [0.2, 0.25) is 0 Å². The van der Waals surface area contributed by atoms with Gasteiger partial charge in [-0.15, -0.1) is 71.8 Å². The van der Waals surface area contributed by atoms with E-state index in [9.17, 15) is 41.9 Å². The molecular formula is C77H95Br5Cl2F3N31O11S. The zero-order valence-electron chi connectivity index (χ0n) is 71.2. The van der Waals surface area contributed by atoms with Crippen LogP contribution in [0.15, 0.2) is 77.8 Å². The van der Waals surface area contributed by atoms with Crippen molar-refractivity contribution in [3.8, 4) is 22.0 Å². The molecule has 0 radical (unpaired) electrons. The first-order valence-electron chi connectivity index (χ1n) is 40.5. The lowest BCUT2D eigenvalue weighted by Crippen LogP contribution is -2.31. The van der Waals surface area contributed by atoms with E-state index in [4.69, 9.17) is 37.5 Å². The Hall–Kier alpha value is -10.0. The minimum absolute atomic E-state index is 0. The van der Waals surface area contributed by atoms with E-state index < -0.39 is 24.0 Å². The second kappa shape index (κ2) is 46.4. The number of halogens is 10. The molecule has 0 amide bonds. The van der Waals surface area contributed by atoms with E-state index >= 15 is 0 Å². The number of carboxylic acid groups (broad SMARTS) is 1. The number of methoxy groups -OCH3 is 3. The first-order valence-corrected chi connectivity index (χ1v) is 45.3. The van der Waals surface area contributed by atoms with Crippen LogP contribution in [-0.4, -0.2) is 212 Å². The normalized spacial score (nSPS) is 18.2. The summed E-state index contributed by atoms with van der Waals surface area (Å²) in [4.78, 5) is 107. The highest BCUT2D eigenvalue weighted by Crippen LogP contribution is 2.34. The Morgan fingerprint density at radius 3 is 1.47 bits per heavy atom. The van der Waals surface area contributed by atoms with Gasteiger partial charge in [-0.25, -0.2) is 90.1 Å². The van der Waals surface area contributed by atoms with Gasteiger partial charge in [-0.3, -0.25) is 28.7 Å². The molecule has 0 aliphatic carbocycles. The third kappa shape index (κ3) is 27.8. The molecule has 700 valence electrons. The predicted octanol–water partition coefficient (Wildman–Crippen LogP) is 9.68. The van der Waals surface area contributed by atoms with Crippen LogP contribution in [0.5, 0.6) is 0 Å². The zero-order valence-corrected chi connectivity index (χ0v) is 81.6. The first-order chi connectivity index (χ1) is 61.0. The number of carboxylic acids is 1. The summed E-state index contributed by atoms with van der Waals surface area (Å²) in [5.74, 6) is 5.11. The summed E-state index contributed by atoms with van der Waals surface area (Å²) < 4.78 is 76.9. The number of hydrogen-bond donors (Lipinski definition) is 5. The lowest BCUT2D eigenvalue weighted by Gasteiger charge is -2.24. The number of hydrogen-bond acceptors (Lipinski definition) is 33. The highest BCUT2D eigenvalue weighted by Gasteiger charge is 2.34. The van der Waals surface area contributed by atoms with Crippen LogP contribution in [0, 0.1) is 35.4 Å². The zero-order chi connectivity index (χ0) is 91.9. The highest BCUT2D eigenvalue weighted by atomic mass is 79.9. The van der Waals surface area contributed by atoms with Gasteiger partial charge in [0, 0.05) is 140 Å². The summed E-state index contributed by atoms with van der Waals surface area (Å²) in [6.45, 7) is 10.9. The SMILES string of the molecule is CC(C)(C)OC(=O)CC1CCn2nc(Br)nc2C1.COC(=O)C1CCn2nc(Br)nc2C1.COC(=O)C1CCn2nc(N)nc2C1.COC(=O)c1ccn2nc(N)nc2c1.Cl.Cl.Cn1ncc(-c2nc(C(F)F)cs2)c1C(=O)CC1CCn2nc(Br)nc2C1.NC1CCn2nc(-c3cccc(F)c3)nc2C1.NC1CCn2nc(Br)nc2C1.O=C(O)C1CCn2nc(Br)nc2C1. The van der Waals surface area contributed by atoms with Gasteiger partial charge in [0.2, 0.25) is 35.6 Å². The molecule has 9 N–H and O–H groups in total. The fourth-order valence-corrected chi connectivity index (χ4v) is 17.6. The monoisotopic (exact) mass is 2180 g/mol. The summed E-state index contributed by atoms with van der Waals surface area (Å²) in [7, 11) is 5.81. The summed E-state index contributed by atoms with van der Waals surface area (Å²) in [6.07, 6.45) is 11.8. The molecule has 7 unspecified atom stereocenters. The number of aromatic nitrogens is 27. The molecule has 0 saturated heterocycles. The topological polar surface area (TPSA) is 540 Å². The van der Waals surface area contributed by atoms with Gasteiger partial charge in [0.1, 0.15) is 68.6 Å². The Labute approximate surface area is 799 Å². The van der Waals surface area contributed by atoms with Crippen LogP contribution in [0.4, 0.5) is 25.1 Å². The van der Waals surface area contributed by atoms with Crippen molar-refractivity contribution in [2.75, 3.05) is 32.8 Å². The van der Waals surface area contributed by atoms with Crippen molar-refractivity contribution >= 4 is 169 Å². The third-order valence-corrected chi connectivity index (χ3v) is 23.6. The van der Waals surface area contributed by atoms with Crippen molar-refractivity contribution in [3.05, 3.63) is 141 Å². The van der Waals surface area contributed by atoms with Crippen LogP contribution in [0.1, 0.15) is 152 Å². The van der Waals surface area contributed by atoms with Crippen LogP contribution in [0.3, 0.4) is 0 Å². The van der Waals surface area contributed by atoms with E-state index in [0.717, 1.165) is 136 Å². The van der Waals surface area contributed by atoms with Crippen molar-refractivity contribution in [2.24, 2.45) is 48.1 Å². The number of nitrogen functional groups attached to an aromatic ring is 2. The van der Waals surface area contributed by atoms with Crippen LogP contribution in [0.25, 0.3) is 27.6 Å². The number of aryl methyl sites for hydroxylation is 8. The van der Waals surface area contributed by atoms with Crippen LogP contribution < -0.4 is 22.9 Å². The van der Waals surface area contributed by atoms with E-state index in [0.29, 0.717) is 133 Å². The molecule has 1 aromatic carbocycles. The number of ether oxygens (including phenoxy) is 4. The fraction of sp³-hybridized carbons (Fsp3) is 0.506. The molecule has 12 aromatic rings. The standard InChI is InChI=1S/C16H15BrF2N6OS.C12H18BrN3O2.C12H13FN4.C8H10BrN3O2.C8H12N4O2.C8H8N4O2.C7H8BrN3O2.C6H9BrN4.2ClH/c1-24-13(9(6-20-24)15-21-10(7-27-15)14(18)19)11(26)4-8-2-3-25-12(5-8)22-16(17)23-25;1-12(2,3)18-10(17)7-8-4-5-16-9(6-8)14-11(13)15-16;13-9-3-1-2-8(6-9)12-15-11-7-10(14)4-5-17(11)16-12;3*1-14-7(13)5-2-3-12-6(4-5)10-8(9)11-12;8-7-9-5-3-4(6(12)13)1-2-11(5)10-7;7-6-9-5-3-4(8)1-2-11(5)10-6;;/h6-8,14H,2-5H2,1H3;8H,4-7H2,1-3H3;1-3,6,10H,4-5,7,14H2;5H,2-4H2,1H3;5H,2-4H2,1H3,(H2,9,11);2-4H,1H3,(H2,9,11);4H,1-3H2,(H,12,13);4H,1-3,8H2;2*1H. The van der Waals surface area contributed by atoms with Crippen molar-refractivity contribution in [1.29, 1.82) is 0 Å². The van der Waals surface area contributed by atoms with Gasteiger partial charge in [0.05, 0.1) is 56.4 Å². The molecule has 0 bridgehead atoms. The number of anilines is 2. The smallest absolute Gasteiger partial charge is 0.338 e. The maximum Gasteiger partial charge on any atom is 0.338 e. The van der Waals surface area contributed by atoms with Crippen molar-refractivity contribution in [2.45, 2.75) is 193 Å². The molecule has 0 saturated carbocycles. The second-order valence-corrected chi connectivity index (χ2v) is 35.9. The number of alkyl halides is 2. The Morgan fingerprint density at radius 1 is 0.538 bits per heavy atom. The molecule has 19 rings (SSSR count). The summed E-state index contributed by atoms with van der Waals surface area (Å²) in [5, 5.41) is 47.7. The Morgan fingerprint density at radius 2 is 0.985 bits per heavy atom. The molecule has 11 aromatic heterocycles. The fourth-order valence-electron chi connectivity index (χ4n) is 14.8. The molecule has 0 fully saturated rings. The van der Waals surface area contributed by atoms with E-state index in [-0.39, 0.29) is 108 Å². The van der Waals surface area contributed by atoms with Crippen molar-refractivity contribution < 1.29 is 66.0 Å². The van der Waals surface area contributed by atoms with E-state index in [2.05, 4.69) is 180 Å². The average Bonchev–Trinajstić information content (AvgIpc) is 1.64. The van der Waals surface area contributed by atoms with Gasteiger partial charge in [0.15, 0.2) is 17.3 Å². The number of nitrogens with two attached hydrogens (primary N) is 4.